The minimum Gasteiger partial charge on any atom is -0.391 e. The Kier molecular flexibility index (Phi) is 3.33. The summed E-state index contributed by atoms with van der Waals surface area (Å²) in [6.45, 7) is 1.20. The highest BCUT2D eigenvalue weighted by molar-refractivity contribution is 7.80. The van der Waals surface area contributed by atoms with E-state index in [-0.39, 0.29) is 12.0 Å². The molecule has 1 saturated heterocycles. The van der Waals surface area contributed by atoms with E-state index in [9.17, 15) is 9.90 Å². The van der Waals surface area contributed by atoms with Gasteiger partial charge >= 0.3 is 0 Å². The lowest BCUT2D eigenvalue weighted by molar-refractivity contribution is 0.0477. The topological polar surface area (TPSA) is 40.5 Å². The Morgan fingerprint density at radius 3 is 3.07 bits per heavy atom. The standard InChI is InChI=1S/C10H13NO2S2/c12-7-2-1-3-11(5-7)10(13)9-4-8(14)6-15-9/h4,6-7,12,14H,1-3,5H2. The van der Waals surface area contributed by atoms with Crippen LogP contribution in [0, 0.1) is 0 Å². The highest BCUT2D eigenvalue weighted by Crippen LogP contribution is 2.21. The van der Waals surface area contributed by atoms with Crippen LogP contribution in [0.5, 0.6) is 0 Å². The number of carbonyl (C=O) groups is 1. The number of hydrogen-bond donors (Lipinski definition) is 2. The summed E-state index contributed by atoms with van der Waals surface area (Å²) in [5.74, 6) is 0.0130. The van der Waals surface area contributed by atoms with Gasteiger partial charge in [0.05, 0.1) is 11.0 Å². The van der Waals surface area contributed by atoms with Crippen LogP contribution >= 0.6 is 24.0 Å². The molecule has 0 spiro atoms. The predicted octanol–water partition coefficient (Wildman–Crippen LogP) is 1.63. The molecule has 1 aliphatic heterocycles. The Morgan fingerprint density at radius 2 is 2.47 bits per heavy atom. The van der Waals surface area contributed by atoms with Crippen LogP contribution in [0.4, 0.5) is 0 Å². The minimum absolute atomic E-state index is 0.0130. The largest absolute Gasteiger partial charge is 0.391 e. The summed E-state index contributed by atoms with van der Waals surface area (Å²) >= 11 is 5.57. The summed E-state index contributed by atoms with van der Waals surface area (Å²) in [6, 6.07) is 1.77. The molecule has 2 rings (SSSR count). The average Bonchev–Trinajstić information content (AvgIpc) is 2.64. The highest BCUT2D eigenvalue weighted by atomic mass is 32.1. The first-order valence-electron chi connectivity index (χ1n) is 4.91. The van der Waals surface area contributed by atoms with Crippen molar-refractivity contribution in [3.05, 3.63) is 16.3 Å². The summed E-state index contributed by atoms with van der Waals surface area (Å²) < 4.78 is 0. The van der Waals surface area contributed by atoms with Gasteiger partial charge in [-0.2, -0.15) is 0 Å². The van der Waals surface area contributed by atoms with Crippen molar-refractivity contribution in [2.24, 2.45) is 0 Å². The van der Waals surface area contributed by atoms with Gasteiger partial charge in [0.25, 0.3) is 5.91 Å². The van der Waals surface area contributed by atoms with Crippen LogP contribution in [0.15, 0.2) is 16.3 Å². The lowest BCUT2D eigenvalue weighted by Gasteiger charge is -2.29. The van der Waals surface area contributed by atoms with Crippen LogP contribution in [0.1, 0.15) is 22.5 Å². The minimum atomic E-state index is -0.363. The van der Waals surface area contributed by atoms with Crippen molar-refractivity contribution < 1.29 is 9.90 Å². The normalized spacial score (nSPS) is 21.7. The van der Waals surface area contributed by atoms with E-state index in [0.29, 0.717) is 11.4 Å². The number of β-amino-alcohol motifs (C(OH)–C–C–N with tert-alkyl or cyclic N) is 1. The zero-order valence-electron chi connectivity index (χ0n) is 8.22. The van der Waals surface area contributed by atoms with Crippen LogP contribution in [-0.2, 0) is 0 Å². The maximum Gasteiger partial charge on any atom is 0.264 e. The Hall–Kier alpha value is -0.520. The van der Waals surface area contributed by atoms with E-state index in [0.717, 1.165) is 24.3 Å². The Labute approximate surface area is 98.1 Å². The van der Waals surface area contributed by atoms with E-state index in [4.69, 9.17) is 0 Å². The van der Waals surface area contributed by atoms with Crippen LogP contribution < -0.4 is 0 Å². The van der Waals surface area contributed by atoms with Gasteiger partial charge in [0.2, 0.25) is 0 Å². The molecule has 1 aromatic heterocycles. The second kappa shape index (κ2) is 4.55. The number of thiophene rings is 1. The number of carbonyl (C=O) groups excluding carboxylic acids is 1. The second-order valence-corrected chi connectivity index (χ2v) is 5.14. The van der Waals surface area contributed by atoms with Crippen molar-refractivity contribution in [2.75, 3.05) is 13.1 Å². The quantitative estimate of drug-likeness (QED) is 0.736. The van der Waals surface area contributed by atoms with Gasteiger partial charge in [0.15, 0.2) is 0 Å². The van der Waals surface area contributed by atoms with Gasteiger partial charge in [-0.15, -0.1) is 24.0 Å². The molecule has 0 aliphatic carbocycles. The van der Waals surface area contributed by atoms with Crippen LogP contribution in [0.25, 0.3) is 0 Å². The van der Waals surface area contributed by atoms with E-state index < -0.39 is 0 Å². The highest BCUT2D eigenvalue weighted by Gasteiger charge is 2.23. The fraction of sp³-hybridized carbons (Fsp3) is 0.500. The number of piperidine rings is 1. The third-order valence-corrected chi connectivity index (χ3v) is 3.83. The van der Waals surface area contributed by atoms with Gasteiger partial charge in [-0.05, 0) is 18.9 Å². The number of hydrogen-bond acceptors (Lipinski definition) is 4. The molecule has 1 atom stereocenters. The maximum absolute atomic E-state index is 11.9. The molecule has 82 valence electrons. The summed E-state index contributed by atoms with van der Waals surface area (Å²) in [4.78, 5) is 15.2. The lowest BCUT2D eigenvalue weighted by atomic mass is 10.1. The van der Waals surface area contributed by atoms with Gasteiger partial charge in [-0.25, -0.2) is 0 Å². The molecule has 0 bridgehead atoms. The van der Waals surface area contributed by atoms with E-state index in [1.807, 2.05) is 5.38 Å². The monoisotopic (exact) mass is 243 g/mol. The third-order valence-electron chi connectivity index (χ3n) is 2.48. The molecule has 1 aliphatic rings. The third kappa shape index (κ3) is 2.53. The fourth-order valence-corrected chi connectivity index (χ4v) is 2.85. The van der Waals surface area contributed by atoms with Gasteiger partial charge in [0.1, 0.15) is 0 Å². The number of rotatable bonds is 1. The molecule has 15 heavy (non-hydrogen) atoms. The Balaban J connectivity index is 2.07. The van der Waals surface area contributed by atoms with E-state index in [2.05, 4.69) is 12.6 Å². The van der Waals surface area contributed by atoms with Gasteiger partial charge < -0.3 is 10.0 Å². The zero-order valence-corrected chi connectivity index (χ0v) is 9.93. The first kappa shape index (κ1) is 11.0. The number of amides is 1. The van der Waals surface area contributed by atoms with E-state index in [1.54, 1.807) is 11.0 Å². The van der Waals surface area contributed by atoms with Crippen molar-refractivity contribution >= 4 is 29.9 Å². The smallest absolute Gasteiger partial charge is 0.264 e. The summed E-state index contributed by atoms with van der Waals surface area (Å²) in [5.41, 5.74) is 0. The molecule has 1 N–H and O–H groups in total. The first-order valence-corrected chi connectivity index (χ1v) is 6.24. The van der Waals surface area contributed by atoms with Crippen molar-refractivity contribution in [1.82, 2.24) is 4.90 Å². The molecule has 0 radical (unpaired) electrons. The Bertz CT molecular complexity index is 364. The summed E-state index contributed by atoms with van der Waals surface area (Å²) in [5, 5.41) is 11.3. The predicted molar refractivity (Wildman–Crippen MR) is 62.7 cm³/mol. The number of aliphatic hydroxyl groups excluding tert-OH is 1. The molecule has 3 nitrogen and oxygen atoms in total. The second-order valence-electron chi connectivity index (χ2n) is 3.72. The molecular formula is C10H13NO2S2. The molecule has 5 heteroatoms. The molecular weight excluding hydrogens is 230 g/mol. The summed E-state index contributed by atoms with van der Waals surface area (Å²) in [6.07, 6.45) is 1.32. The van der Waals surface area contributed by atoms with Crippen molar-refractivity contribution in [3.63, 3.8) is 0 Å². The molecule has 1 amide bonds. The van der Waals surface area contributed by atoms with Gasteiger partial charge in [-0.1, -0.05) is 0 Å². The van der Waals surface area contributed by atoms with E-state index >= 15 is 0 Å². The van der Waals surface area contributed by atoms with Crippen LogP contribution in [0.3, 0.4) is 0 Å². The fourth-order valence-electron chi connectivity index (χ4n) is 1.73. The molecule has 2 heterocycles. The van der Waals surface area contributed by atoms with Crippen LogP contribution in [0.2, 0.25) is 0 Å². The molecule has 0 aromatic carbocycles. The van der Waals surface area contributed by atoms with Gasteiger partial charge in [-0.3, -0.25) is 4.79 Å². The maximum atomic E-state index is 11.9. The number of nitrogens with zero attached hydrogens (tertiary/aromatic N) is 1. The van der Waals surface area contributed by atoms with E-state index in [1.165, 1.54) is 11.3 Å². The lowest BCUT2D eigenvalue weighted by Crippen LogP contribution is -2.41. The van der Waals surface area contributed by atoms with Gasteiger partial charge in [0, 0.05) is 23.4 Å². The molecule has 1 fully saturated rings. The first-order chi connectivity index (χ1) is 7.16. The Morgan fingerprint density at radius 1 is 1.67 bits per heavy atom. The number of thiol groups is 1. The van der Waals surface area contributed by atoms with Crippen LogP contribution in [-0.4, -0.2) is 35.1 Å². The SMILES string of the molecule is O=C(c1cc(S)cs1)N1CCCC(O)C1. The van der Waals surface area contributed by atoms with Crippen molar-refractivity contribution in [3.8, 4) is 0 Å². The molecule has 1 aromatic rings. The van der Waals surface area contributed by atoms with Crippen molar-refractivity contribution in [2.45, 2.75) is 23.8 Å². The number of aliphatic hydroxyl groups is 1. The number of likely N-dealkylation sites (tertiary alicyclic amines) is 1. The molecule has 1 unspecified atom stereocenters. The average molecular weight is 243 g/mol. The summed E-state index contributed by atoms with van der Waals surface area (Å²) in [7, 11) is 0. The molecule has 0 saturated carbocycles. The van der Waals surface area contributed by atoms with Crippen molar-refractivity contribution in [1.29, 1.82) is 0 Å². The zero-order chi connectivity index (χ0) is 10.8.